The second kappa shape index (κ2) is 6.61. The minimum Gasteiger partial charge on any atom is -0.474 e. The molecule has 0 aromatic carbocycles. The molecule has 4 aliphatic rings. The number of halogens is 1. The van der Waals surface area contributed by atoms with Crippen LogP contribution in [-0.4, -0.2) is 44.2 Å². The second-order valence-electron chi connectivity index (χ2n) is 7.76. The quantitative estimate of drug-likeness (QED) is 0.557. The number of amides is 1. The lowest BCUT2D eigenvalue weighted by molar-refractivity contribution is 0.0667. The van der Waals surface area contributed by atoms with Crippen LogP contribution in [0.15, 0.2) is 24.5 Å². The Balaban J connectivity index is 1.55. The summed E-state index contributed by atoms with van der Waals surface area (Å²) in [6.07, 6.45) is 4.36. The van der Waals surface area contributed by atoms with Gasteiger partial charge in [-0.05, 0) is 11.2 Å². The number of nitrogens with zero attached hydrogens (tertiary/aromatic N) is 6. The third-order valence-electron chi connectivity index (χ3n) is 5.83. The molecule has 0 radical (unpaired) electrons. The highest BCUT2D eigenvalue weighted by molar-refractivity contribution is 6.05. The molecule has 3 aromatic rings. The van der Waals surface area contributed by atoms with Gasteiger partial charge in [0.15, 0.2) is 11.5 Å². The fraction of sp³-hybridized carbons (Fsp3) is 0.350. The first-order valence-corrected chi connectivity index (χ1v) is 9.92. The third-order valence-corrected chi connectivity index (χ3v) is 5.83. The van der Waals surface area contributed by atoms with E-state index >= 15 is 0 Å². The van der Waals surface area contributed by atoms with Gasteiger partial charge in [-0.15, -0.1) is 4.52 Å². The van der Waals surface area contributed by atoms with Gasteiger partial charge in [0.05, 0.1) is 25.0 Å². The van der Waals surface area contributed by atoms with Crippen molar-refractivity contribution in [2.75, 3.05) is 11.7 Å². The van der Waals surface area contributed by atoms with E-state index in [2.05, 4.69) is 25.2 Å². The molecular formula is C20H16FN7O3. The van der Waals surface area contributed by atoms with Crippen LogP contribution < -0.4 is 15.1 Å². The normalized spacial score (nSPS) is 24.5. The lowest BCUT2D eigenvalue weighted by atomic mass is 9.89. The Hall–Kier alpha value is -3.78. The van der Waals surface area contributed by atoms with Crippen LogP contribution in [0.2, 0.25) is 0 Å². The number of aromatic nitrogens is 4. The van der Waals surface area contributed by atoms with Crippen LogP contribution in [0.3, 0.4) is 0 Å². The van der Waals surface area contributed by atoms with Crippen LogP contribution in [0.1, 0.15) is 41.2 Å². The summed E-state index contributed by atoms with van der Waals surface area (Å²) in [6, 6.07) is 2.61. The molecule has 1 saturated heterocycles. The zero-order valence-corrected chi connectivity index (χ0v) is 16.2. The van der Waals surface area contributed by atoms with Gasteiger partial charge >= 0.3 is 5.82 Å². The minimum absolute atomic E-state index is 0.0168. The van der Waals surface area contributed by atoms with Crippen molar-refractivity contribution in [2.24, 2.45) is 0 Å². The number of hydrogen-bond acceptors (Lipinski definition) is 7. The van der Waals surface area contributed by atoms with Crippen molar-refractivity contribution in [3.05, 3.63) is 52.9 Å². The summed E-state index contributed by atoms with van der Waals surface area (Å²) in [7, 11) is 0. The van der Waals surface area contributed by atoms with Gasteiger partial charge in [0, 0.05) is 36.9 Å². The van der Waals surface area contributed by atoms with Gasteiger partial charge in [-0.1, -0.05) is 6.57 Å². The van der Waals surface area contributed by atoms with Crippen molar-refractivity contribution in [2.45, 2.75) is 37.5 Å². The minimum atomic E-state index is -0.461. The fourth-order valence-electron chi connectivity index (χ4n) is 4.26. The number of fused-ring (bicyclic) bond motifs is 1. The van der Waals surface area contributed by atoms with Gasteiger partial charge in [-0.2, -0.15) is 0 Å². The van der Waals surface area contributed by atoms with Crippen molar-refractivity contribution >= 4 is 23.2 Å². The van der Waals surface area contributed by atoms with Crippen LogP contribution in [0.5, 0.6) is 5.88 Å². The summed E-state index contributed by atoms with van der Waals surface area (Å²) >= 11 is 0. The molecule has 1 amide bonds. The SMILES string of the molecule is [C-]#[N+]c1nn2ccc3nc2c1C(=O)NC1CC(C1)Oc1ncc(F)cc1C1CCON31. The van der Waals surface area contributed by atoms with Gasteiger partial charge in [-0.3, -0.25) is 9.63 Å². The largest absolute Gasteiger partial charge is 0.474 e. The number of hydroxylamine groups is 1. The first-order valence-electron chi connectivity index (χ1n) is 9.92. The number of pyridine rings is 1. The second-order valence-corrected chi connectivity index (χ2v) is 7.76. The summed E-state index contributed by atoms with van der Waals surface area (Å²) in [5, 5.41) is 8.68. The van der Waals surface area contributed by atoms with E-state index in [0.29, 0.717) is 43.1 Å². The van der Waals surface area contributed by atoms with Crippen molar-refractivity contribution in [1.29, 1.82) is 0 Å². The van der Waals surface area contributed by atoms with E-state index in [4.69, 9.17) is 16.1 Å². The molecule has 31 heavy (non-hydrogen) atoms. The number of ether oxygens (including phenoxy) is 1. The Bertz CT molecular complexity index is 1260. The van der Waals surface area contributed by atoms with Gasteiger partial charge in [-0.25, -0.2) is 19.4 Å². The smallest absolute Gasteiger partial charge is 0.310 e. The number of carbonyl (C=O) groups is 1. The molecule has 7 rings (SSSR count). The Kier molecular flexibility index (Phi) is 3.85. The molecule has 156 valence electrons. The van der Waals surface area contributed by atoms with E-state index in [0.717, 1.165) is 6.20 Å². The molecular weight excluding hydrogens is 405 g/mol. The van der Waals surface area contributed by atoms with Crippen molar-refractivity contribution in [1.82, 2.24) is 24.9 Å². The first kappa shape index (κ1) is 18.0. The van der Waals surface area contributed by atoms with E-state index in [-0.39, 0.29) is 35.2 Å². The van der Waals surface area contributed by atoms with E-state index in [9.17, 15) is 9.18 Å². The van der Waals surface area contributed by atoms with Crippen LogP contribution in [0.4, 0.5) is 16.0 Å². The Morgan fingerprint density at radius 3 is 3.06 bits per heavy atom. The predicted octanol–water partition coefficient (Wildman–Crippen LogP) is 2.35. The maximum atomic E-state index is 14.1. The lowest BCUT2D eigenvalue weighted by Crippen LogP contribution is -2.49. The molecule has 1 atom stereocenters. The zero-order valence-electron chi connectivity index (χ0n) is 16.2. The average molecular weight is 421 g/mol. The molecule has 3 aromatic heterocycles. The summed E-state index contributed by atoms with van der Waals surface area (Å²) in [5.41, 5.74) is 0.971. The van der Waals surface area contributed by atoms with Gasteiger partial charge in [0.1, 0.15) is 17.5 Å². The molecule has 10 nitrogen and oxygen atoms in total. The first-order chi connectivity index (χ1) is 15.1. The molecule has 11 heteroatoms. The molecule has 6 heterocycles. The summed E-state index contributed by atoms with van der Waals surface area (Å²) in [6.45, 7) is 7.82. The average Bonchev–Trinajstić information content (AvgIpc) is 3.36. The summed E-state index contributed by atoms with van der Waals surface area (Å²) in [5.74, 6) is -0.104. The van der Waals surface area contributed by atoms with Gasteiger partial charge in [0.25, 0.3) is 0 Å². The van der Waals surface area contributed by atoms with E-state index in [1.807, 2.05) is 0 Å². The number of rotatable bonds is 0. The van der Waals surface area contributed by atoms with Crippen LogP contribution >= 0.6 is 0 Å². The molecule has 2 fully saturated rings. The van der Waals surface area contributed by atoms with Gasteiger partial charge < -0.3 is 14.9 Å². The number of hydrogen-bond donors (Lipinski definition) is 1. The molecule has 1 unspecified atom stereocenters. The molecule has 4 bridgehead atoms. The van der Waals surface area contributed by atoms with Gasteiger partial charge in [0.2, 0.25) is 11.8 Å². The highest BCUT2D eigenvalue weighted by atomic mass is 19.1. The number of anilines is 1. The summed E-state index contributed by atoms with van der Waals surface area (Å²) < 4.78 is 21.6. The maximum absolute atomic E-state index is 14.1. The topological polar surface area (TPSA) is 98.2 Å². The van der Waals surface area contributed by atoms with E-state index in [1.54, 1.807) is 17.3 Å². The van der Waals surface area contributed by atoms with Crippen LogP contribution in [0.25, 0.3) is 10.5 Å². The lowest BCUT2D eigenvalue weighted by Gasteiger charge is -2.36. The van der Waals surface area contributed by atoms with Crippen LogP contribution in [-0.2, 0) is 4.84 Å². The Labute approximate surface area is 175 Å². The van der Waals surface area contributed by atoms with E-state index in [1.165, 1.54) is 10.6 Å². The van der Waals surface area contributed by atoms with E-state index < -0.39 is 11.7 Å². The highest BCUT2D eigenvalue weighted by Gasteiger charge is 2.38. The van der Waals surface area contributed by atoms with Crippen molar-refractivity contribution < 1.29 is 18.8 Å². The monoisotopic (exact) mass is 421 g/mol. The number of nitrogens with one attached hydrogen (secondary N) is 1. The molecule has 1 N–H and O–H groups in total. The maximum Gasteiger partial charge on any atom is 0.310 e. The fourth-order valence-corrected chi connectivity index (χ4v) is 4.26. The molecule has 1 saturated carbocycles. The molecule has 3 aliphatic heterocycles. The molecule has 1 aliphatic carbocycles. The number of carbonyl (C=O) groups excluding carboxylic acids is 1. The van der Waals surface area contributed by atoms with Crippen LogP contribution in [0, 0.1) is 12.4 Å². The third kappa shape index (κ3) is 2.79. The highest BCUT2D eigenvalue weighted by Crippen LogP contribution is 2.40. The zero-order chi connectivity index (χ0) is 21.1. The molecule has 0 spiro atoms. The predicted molar refractivity (Wildman–Crippen MR) is 104 cm³/mol. The standard InChI is InChI=1S/C20H16FN7O3/c1-22-17-16-18-25-15(2-4-27(18)26-17)28-14(3-5-30-28)13-6-10(21)9-23-20(13)31-12-7-11(8-12)24-19(16)29/h2,4,6,9,11-12,14H,3,5,7-8H2,(H,24,29). The Morgan fingerprint density at radius 2 is 2.23 bits per heavy atom. The Morgan fingerprint density at radius 1 is 1.35 bits per heavy atom. The van der Waals surface area contributed by atoms with Crippen molar-refractivity contribution in [3.63, 3.8) is 0 Å². The summed E-state index contributed by atoms with van der Waals surface area (Å²) in [4.78, 5) is 30.9. The van der Waals surface area contributed by atoms with Crippen molar-refractivity contribution in [3.8, 4) is 5.88 Å².